The minimum Gasteiger partial charge on any atom is -0.462 e. The lowest BCUT2D eigenvalue weighted by Crippen LogP contribution is -2.23. The third-order valence-corrected chi connectivity index (χ3v) is 5.81. The molecule has 150 valence electrons. The van der Waals surface area contributed by atoms with Gasteiger partial charge in [0.1, 0.15) is 11.1 Å². The van der Waals surface area contributed by atoms with Gasteiger partial charge in [-0.3, -0.25) is 4.79 Å². The second kappa shape index (κ2) is 9.57. The second-order valence-corrected chi connectivity index (χ2v) is 8.14. The molecular weight excluding hydrogens is 386 g/mol. The van der Waals surface area contributed by atoms with Crippen LogP contribution >= 0.6 is 11.8 Å². The Morgan fingerprint density at radius 2 is 2.00 bits per heavy atom. The lowest BCUT2D eigenvalue weighted by Gasteiger charge is -2.18. The molecule has 1 amide bonds. The zero-order valence-corrected chi connectivity index (χ0v) is 17.3. The highest BCUT2D eigenvalue weighted by Gasteiger charge is 2.21. The number of nitrogens with zero attached hydrogens (tertiary/aromatic N) is 2. The molecule has 1 unspecified atom stereocenters. The molecule has 0 saturated carbocycles. The summed E-state index contributed by atoms with van der Waals surface area (Å²) in [5.74, 6) is -0.584. The van der Waals surface area contributed by atoms with E-state index >= 15 is 0 Å². The topological polar surface area (TPSA) is 92.1 Å². The summed E-state index contributed by atoms with van der Waals surface area (Å²) in [6.07, 6.45) is 4.11. The van der Waals surface area contributed by atoms with E-state index in [-0.39, 0.29) is 5.91 Å². The molecule has 1 aromatic carbocycles. The van der Waals surface area contributed by atoms with Crippen LogP contribution in [0.3, 0.4) is 0 Å². The number of carbonyl (C=O) groups is 2. The Hall–Kier alpha value is -2.85. The summed E-state index contributed by atoms with van der Waals surface area (Å²) in [7, 11) is 0. The van der Waals surface area contributed by atoms with E-state index in [9.17, 15) is 14.9 Å². The number of esters is 1. The van der Waals surface area contributed by atoms with Crippen molar-refractivity contribution in [3.8, 4) is 6.07 Å². The van der Waals surface area contributed by atoms with Gasteiger partial charge >= 0.3 is 5.97 Å². The fourth-order valence-corrected chi connectivity index (χ4v) is 4.05. The second-order valence-electron chi connectivity index (χ2n) is 6.81. The maximum Gasteiger partial charge on any atom is 0.338 e. The van der Waals surface area contributed by atoms with Crippen molar-refractivity contribution in [1.82, 2.24) is 4.98 Å². The smallest absolute Gasteiger partial charge is 0.338 e. The first-order valence-corrected chi connectivity index (χ1v) is 10.6. The fourth-order valence-electron chi connectivity index (χ4n) is 3.15. The average Bonchev–Trinajstić information content (AvgIpc) is 2.73. The highest BCUT2D eigenvalue weighted by atomic mass is 32.2. The van der Waals surface area contributed by atoms with E-state index < -0.39 is 11.2 Å². The highest BCUT2D eigenvalue weighted by Crippen LogP contribution is 2.30. The number of anilines is 1. The van der Waals surface area contributed by atoms with Gasteiger partial charge in [-0.1, -0.05) is 11.8 Å². The van der Waals surface area contributed by atoms with Gasteiger partial charge in [0.25, 0.3) is 0 Å². The number of benzene rings is 1. The molecule has 0 spiro atoms. The van der Waals surface area contributed by atoms with Gasteiger partial charge in [-0.05, 0) is 75.4 Å². The van der Waals surface area contributed by atoms with Crippen LogP contribution in [0.4, 0.5) is 5.69 Å². The summed E-state index contributed by atoms with van der Waals surface area (Å²) >= 11 is 1.29. The van der Waals surface area contributed by atoms with Crippen LogP contribution in [-0.2, 0) is 22.4 Å². The molecule has 1 atom stereocenters. The number of hydrogen-bond acceptors (Lipinski definition) is 6. The highest BCUT2D eigenvalue weighted by molar-refractivity contribution is 8.00. The van der Waals surface area contributed by atoms with Gasteiger partial charge in [-0.25, -0.2) is 9.78 Å². The molecule has 1 N–H and O–H groups in total. The fraction of sp³-hybridized carbons (Fsp3) is 0.364. The lowest BCUT2D eigenvalue weighted by atomic mass is 9.95. The molecule has 1 aromatic heterocycles. The van der Waals surface area contributed by atoms with Crippen LogP contribution in [0.15, 0.2) is 35.4 Å². The Balaban J connectivity index is 1.66. The summed E-state index contributed by atoms with van der Waals surface area (Å²) in [5, 5.41) is 12.5. The van der Waals surface area contributed by atoms with Crippen LogP contribution in [0.25, 0.3) is 0 Å². The van der Waals surface area contributed by atoms with E-state index in [0.29, 0.717) is 28.4 Å². The van der Waals surface area contributed by atoms with Crippen molar-refractivity contribution in [1.29, 1.82) is 5.26 Å². The van der Waals surface area contributed by atoms with E-state index in [2.05, 4.69) is 16.4 Å². The number of aromatic nitrogens is 1. The monoisotopic (exact) mass is 409 g/mol. The number of rotatable bonds is 6. The molecular formula is C22H23N3O3S. The van der Waals surface area contributed by atoms with Crippen molar-refractivity contribution in [2.75, 3.05) is 11.9 Å². The minimum atomic E-state index is -0.430. The summed E-state index contributed by atoms with van der Waals surface area (Å²) < 4.78 is 4.95. The van der Waals surface area contributed by atoms with Crippen LogP contribution in [0, 0.1) is 11.3 Å². The van der Waals surface area contributed by atoms with Gasteiger partial charge < -0.3 is 10.1 Å². The largest absolute Gasteiger partial charge is 0.462 e. The maximum absolute atomic E-state index is 12.6. The predicted octanol–water partition coefficient (Wildman–Crippen LogP) is 4.13. The van der Waals surface area contributed by atoms with Crippen molar-refractivity contribution >= 4 is 29.3 Å². The zero-order chi connectivity index (χ0) is 20.8. The molecule has 6 nitrogen and oxygen atoms in total. The van der Waals surface area contributed by atoms with Crippen LogP contribution in [0.5, 0.6) is 0 Å². The van der Waals surface area contributed by atoms with Crippen molar-refractivity contribution < 1.29 is 14.3 Å². The van der Waals surface area contributed by atoms with E-state index in [1.165, 1.54) is 11.8 Å². The van der Waals surface area contributed by atoms with E-state index in [1.807, 2.05) is 6.07 Å². The first kappa shape index (κ1) is 20.9. The maximum atomic E-state index is 12.6. The average molecular weight is 410 g/mol. The normalized spacial score (nSPS) is 13.7. The first-order valence-electron chi connectivity index (χ1n) is 9.69. The Bertz CT molecular complexity index is 951. The summed E-state index contributed by atoms with van der Waals surface area (Å²) in [4.78, 5) is 29.0. The number of ether oxygens (including phenoxy) is 1. The van der Waals surface area contributed by atoms with Crippen molar-refractivity contribution in [2.24, 2.45) is 0 Å². The van der Waals surface area contributed by atoms with Crippen molar-refractivity contribution in [3.05, 3.63) is 52.7 Å². The molecule has 0 aliphatic heterocycles. The summed E-state index contributed by atoms with van der Waals surface area (Å²) in [5.41, 5.74) is 3.74. The van der Waals surface area contributed by atoms with Crippen LogP contribution in [0.2, 0.25) is 0 Å². The van der Waals surface area contributed by atoms with Crippen LogP contribution in [0.1, 0.15) is 53.9 Å². The van der Waals surface area contributed by atoms with Crippen molar-refractivity contribution in [2.45, 2.75) is 49.8 Å². The molecule has 2 aromatic rings. The minimum absolute atomic E-state index is 0.192. The third-order valence-electron chi connectivity index (χ3n) is 4.71. The third kappa shape index (κ3) is 5.15. The number of carbonyl (C=O) groups excluding carboxylic acids is 2. The number of hydrogen-bond donors (Lipinski definition) is 1. The van der Waals surface area contributed by atoms with Gasteiger partial charge in [0.2, 0.25) is 5.91 Å². The summed E-state index contributed by atoms with van der Waals surface area (Å²) in [6, 6.07) is 10.7. The lowest BCUT2D eigenvalue weighted by molar-refractivity contribution is -0.115. The summed E-state index contributed by atoms with van der Waals surface area (Å²) in [6.45, 7) is 3.85. The first-order chi connectivity index (χ1) is 14.0. The number of thioether (sulfide) groups is 1. The standard InChI is InChI=1S/C22H23N3O3S/c1-3-28-22(27)15-8-10-18(11-9-15)24-20(26)14(2)29-21-17(13-23)12-16-6-4-5-7-19(16)25-21/h8-12,14H,3-7H2,1-2H3,(H,24,26). The number of aryl methyl sites for hydroxylation is 2. The predicted molar refractivity (Wildman–Crippen MR) is 112 cm³/mol. The Labute approximate surface area is 174 Å². The molecule has 3 rings (SSSR count). The molecule has 0 radical (unpaired) electrons. The molecule has 1 heterocycles. The number of nitrogens with one attached hydrogen (secondary N) is 1. The number of amides is 1. The van der Waals surface area contributed by atoms with Gasteiger partial charge in [0.05, 0.1) is 23.0 Å². The van der Waals surface area contributed by atoms with E-state index in [4.69, 9.17) is 4.74 Å². The molecule has 1 aliphatic rings. The Morgan fingerprint density at radius 1 is 1.28 bits per heavy atom. The SMILES string of the molecule is CCOC(=O)c1ccc(NC(=O)C(C)Sc2nc3c(cc2C#N)CCCC3)cc1. The van der Waals surface area contributed by atoms with Gasteiger partial charge in [0, 0.05) is 11.4 Å². The number of nitriles is 1. The van der Waals surface area contributed by atoms with Gasteiger partial charge in [-0.2, -0.15) is 5.26 Å². The van der Waals surface area contributed by atoms with Gasteiger partial charge in [-0.15, -0.1) is 0 Å². The van der Waals surface area contributed by atoms with Gasteiger partial charge in [0.15, 0.2) is 0 Å². The number of fused-ring (bicyclic) bond motifs is 1. The van der Waals surface area contributed by atoms with Crippen LogP contribution < -0.4 is 5.32 Å². The van der Waals surface area contributed by atoms with E-state index in [0.717, 1.165) is 36.9 Å². The van der Waals surface area contributed by atoms with Crippen molar-refractivity contribution in [3.63, 3.8) is 0 Å². The number of pyridine rings is 1. The Morgan fingerprint density at radius 3 is 2.69 bits per heavy atom. The quantitative estimate of drug-likeness (QED) is 0.570. The van der Waals surface area contributed by atoms with Crippen LogP contribution in [-0.4, -0.2) is 28.7 Å². The Kier molecular flexibility index (Phi) is 6.89. The molecule has 7 heteroatoms. The van der Waals surface area contributed by atoms with E-state index in [1.54, 1.807) is 38.1 Å². The molecule has 0 fully saturated rings. The zero-order valence-electron chi connectivity index (χ0n) is 16.5. The molecule has 29 heavy (non-hydrogen) atoms. The molecule has 1 aliphatic carbocycles. The molecule has 0 bridgehead atoms. The molecule has 0 saturated heterocycles.